The number of benzene rings is 1. The molecule has 0 saturated carbocycles. The van der Waals surface area contributed by atoms with Crippen molar-refractivity contribution < 1.29 is 28.7 Å². The summed E-state index contributed by atoms with van der Waals surface area (Å²) in [5, 5.41) is 10.9. The number of carbonyl (C=O) groups is 3. The maximum Gasteiger partial charge on any atom is 0.414 e. The fourth-order valence-corrected chi connectivity index (χ4v) is 2.18. The molecule has 1 heterocycles. The minimum absolute atomic E-state index is 0.00187. The lowest BCUT2D eigenvalue weighted by Crippen LogP contribution is -2.39. The van der Waals surface area contributed by atoms with Crippen molar-refractivity contribution in [1.29, 1.82) is 0 Å². The van der Waals surface area contributed by atoms with E-state index in [1.54, 1.807) is 0 Å². The monoisotopic (exact) mass is 382 g/mol. The number of cyclic esters (lactones) is 1. The minimum Gasteiger partial charge on any atom is -0.442 e. The molecule has 1 saturated heterocycles. The predicted octanol–water partition coefficient (Wildman–Crippen LogP) is -0.454. The molecule has 5 N–H and O–H groups in total. The molecule has 11 nitrogen and oxygen atoms in total. The zero-order valence-corrected chi connectivity index (χ0v) is 14.4. The molecule has 0 unspecified atom stereocenters. The smallest absolute Gasteiger partial charge is 0.414 e. The van der Waals surface area contributed by atoms with Crippen molar-refractivity contribution in [3.05, 3.63) is 24.0 Å². The molecule has 1 aromatic rings. The summed E-state index contributed by atoms with van der Waals surface area (Å²) in [6, 6.07) is 4.02. The van der Waals surface area contributed by atoms with E-state index in [1.807, 2.05) is 0 Å². The molecule has 146 valence electrons. The number of aliphatic imine (C=N–C) groups is 1. The lowest BCUT2D eigenvalue weighted by molar-refractivity contribution is -0.128. The van der Waals surface area contributed by atoms with Crippen LogP contribution in [0.25, 0.3) is 0 Å². The molecule has 27 heavy (non-hydrogen) atoms. The molecule has 1 aliphatic heterocycles. The molecule has 2 rings (SSSR count). The summed E-state index contributed by atoms with van der Waals surface area (Å²) in [7, 11) is 0. The molecule has 0 aromatic heterocycles. The molecule has 0 aliphatic carbocycles. The fraction of sp³-hybridized carbons (Fsp3) is 0.333. The summed E-state index contributed by atoms with van der Waals surface area (Å²) in [5.74, 6) is -1.57. The van der Waals surface area contributed by atoms with Crippen LogP contribution in [-0.4, -0.2) is 55.2 Å². The molecule has 0 bridgehead atoms. The maximum atomic E-state index is 14.2. The van der Waals surface area contributed by atoms with Gasteiger partial charge in [0.25, 0.3) is 5.91 Å². The van der Waals surface area contributed by atoms with Crippen LogP contribution in [0.3, 0.4) is 0 Å². The number of amides is 3. The van der Waals surface area contributed by atoms with Crippen molar-refractivity contribution in [3.63, 3.8) is 0 Å². The standard InChI is InChI=1S/C15H19FN6O5/c1-9(23)17-5-11-7-22(15(25)27-11)10-2-3-13(12(16)4-10)18-8-20-19-6-14(24)21-26/h2-4,8,11,19,26H,5-7H2,1H3,(H,17,23)(H,18,20)(H,21,24)/t11-/m0/s1. The third-order valence-electron chi connectivity index (χ3n) is 3.44. The van der Waals surface area contributed by atoms with Gasteiger partial charge in [-0.1, -0.05) is 0 Å². The van der Waals surface area contributed by atoms with Gasteiger partial charge in [0.1, 0.15) is 18.1 Å². The molecule has 1 fully saturated rings. The van der Waals surface area contributed by atoms with Crippen molar-refractivity contribution in [2.45, 2.75) is 13.0 Å². The summed E-state index contributed by atoms with van der Waals surface area (Å²) < 4.78 is 19.3. The Morgan fingerprint density at radius 2 is 2.26 bits per heavy atom. The average Bonchev–Trinajstić information content (AvgIpc) is 3.01. The fourth-order valence-electron chi connectivity index (χ4n) is 2.18. The number of carbonyl (C=O) groups excluding carboxylic acids is 3. The van der Waals surface area contributed by atoms with E-state index in [0.717, 1.165) is 12.4 Å². The number of hydrogen-bond donors (Lipinski definition) is 5. The highest BCUT2D eigenvalue weighted by molar-refractivity contribution is 5.90. The zero-order chi connectivity index (χ0) is 19.8. The van der Waals surface area contributed by atoms with Crippen LogP contribution >= 0.6 is 0 Å². The number of halogens is 1. The van der Waals surface area contributed by atoms with E-state index < -0.39 is 23.9 Å². The molecule has 1 aliphatic rings. The van der Waals surface area contributed by atoms with Gasteiger partial charge < -0.3 is 15.5 Å². The Morgan fingerprint density at radius 1 is 1.48 bits per heavy atom. The van der Waals surface area contributed by atoms with E-state index in [2.05, 4.69) is 21.2 Å². The van der Waals surface area contributed by atoms with E-state index in [-0.39, 0.29) is 31.2 Å². The first-order valence-electron chi connectivity index (χ1n) is 7.86. The van der Waals surface area contributed by atoms with Gasteiger partial charge in [-0.2, -0.15) is 0 Å². The number of nitrogens with zero attached hydrogens (tertiary/aromatic N) is 2. The van der Waals surface area contributed by atoms with Crippen molar-refractivity contribution in [3.8, 4) is 0 Å². The van der Waals surface area contributed by atoms with E-state index >= 15 is 0 Å². The van der Waals surface area contributed by atoms with Crippen molar-refractivity contribution in [2.24, 2.45) is 4.99 Å². The van der Waals surface area contributed by atoms with Gasteiger partial charge >= 0.3 is 6.09 Å². The Kier molecular flexibility index (Phi) is 7.02. The number of hydrogen-bond acceptors (Lipinski definition) is 7. The van der Waals surface area contributed by atoms with E-state index in [1.165, 1.54) is 29.4 Å². The highest BCUT2D eigenvalue weighted by Gasteiger charge is 2.32. The highest BCUT2D eigenvalue weighted by Crippen LogP contribution is 2.27. The van der Waals surface area contributed by atoms with Gasteiger partial charge in [-0.3, -0.25) is 19.7 Å². The van der Waals surface area contributed by atoms with Crippen LogP contribution in [0.15, 0.2) is 23.2 Å². The normalized spacial score (nSPS) is 16.3. The number of ether oxygens (including phenoxy) is 1. The van der Waals surface area contributed by atoms with Crippen LogP contribution in [0.1, 0.15) is 6.92 Å². The Balaban J connectivity index is 1.93. The largest absolute Gasteiger partial charge is 0.442 e. The highest BCUT2D eigenvalue weighted by atomic mass is 19.1. The Bertz CT molecular complexity index is 743. The van der Waals surface area contributed by atoms with Gasteiger partial charge in [0.15, 0.2) is 5.82 Å². The van der Waals surface area contributed by atoms with E-state index in [4.69, 9.17) is 9.94 Å². The molecular formula is C15H19FN6O5. The number of hydrazine groups is 1. The quantitative estimate of drug-likeness (QED) is 0.135. The summed E-state index contributed by atoms with van der Waals surface area (Å²) in [4.78, 5) is 38.7. The lowest BCUT2D eigenvalue weighted by Gasteiger charge is -2.13. The van der Waals surface area contributed by atoms with E-state index in [0.29, 0.717) is 5.69 Å². The maximum absolute atomic E-state index is 14.2. The topological polar surface area (TPSA) is 144 Å². The van der Waals surface area contributed by atoms with Gasteiger partial charge in [0.2, 0.25) is 5.91 Å². The second-order valence-electron chi connectivity index (χ2n) is 5.48. The van der Waals surface area contributed by atoms with Crippen LogP contribution in [0, 0.1) is 5.82 Å². The Labute approximate surface area is 153 Å². The number of rotatable bonds is 8. The summed E-state index contributed by atoms with van der Waals surface area (Å²) in [5.41, 5.74) is 6.58. The van der Waals surface area contributed by atoms with Crippen LogP contribution in [0.5, 0.6) is 0 Å². The molecule has 12 heteroatoms. The van der Waals surface area contributed by atoms with Crippen LogP contribution in [0.4, 0.5) is 20.6 Å². The van der Waals surface area contributed by atoms with Crippen LogP contribution in [-0.2, 0) is 14.3 Å². The molecule has 0 spiro atoms. The van der Waals surface area contributed by atoms with Crippen molar-refractivity contribution in [2.75, 3.05) is 24.5 Å². The molecule has 1 atom stereocenters. The minimum atomic E-state index is -0.670. The number of anilines is 1. The number of nitrogens with one attached hydrogen (secondary N) is 4. The summed E-state index contributed by atoms with van der Waals surface area (Å²) in [6.45, 7) is 1.49. The second kappa shape index (κ2) is 9.45. The molecule has 3 amide bonds. The molecule has 0 radical (unpaired) electrons. The van der Waals surface area contributed by atoms with Crippen LogP contribution < -0.4 is 26.5 Å². The molecular weight excluding hydrogens is 363 g/mol. The third-order valence-corrected chi connectivity index (χ3v) is 3.44. The van der Waals surface area contributed by atoms with Gasteiger partial charge in [0.05, 0.1) is 25.3 Å². The average molecular weight is 382 g/mol. The SMILES string of the molecule is CC(=O)NC[C@H]1CN(c2ccc(N=CNNCC(=O)NO)c(F)c2)C(=O)O1. The van der Waals surface area contributed by atoms with Crippen molar-refractivity contribution in [1.82, 2.24) is 21.6 Å². The second-order valence-corrected chi connectivity index (χ2v) is 5.48. The zero-order valence-electron chi connectivity index (χ0n) is 14.4. The number of hydroxylamine groups is 1. The first kappa shape index (κ1) is 20.1. The van der Waals surface area contributed by atoms with Crippen LogP contribution in [0.2, 0.25) is 0 Å². The Hall–Kier alpha value is -3.25. The first-order chi connectivity index (χ1) is 12.9. The lowest BCUT2D eigenvalue weighted by atomic mass is 10.2. The third kappa shape index (κ3) is 5.90. The van der Waals surface area contributed by atoms with Gasteiger partial charge in [0, 0.05) is 6.92 Å². The first-order valence-corrected chi connectivity index (χ1v) is 7.86. The summed E-state index contributed by atoms with van der Waals surface area (Å²) >= 11 is 0. The summed E-state index contributed by atoms with van der Waals surface area (Å²) in [6.07, 6.45) is -0.0290. The van der Waals surface area contributed by atoms with Gasteiger partial charge in [-0.05, 0) is 18.2 Å². The Morgan fingerprint density at radius 3 is 2.93 bits per heavy atom. The van der Waals surface area contributed by atoms with Crippen molar-refractivity contribution >= 4 is 35.6 Å². The predicted molar refractivity (Wildman–Crippen MR) is 91.9 cm³/mol. The molecule has 1 aromatic carbocycles. The van der Waals surface area contributed by atoms with Gasteiger partial charge in [-0.25, -0.2) is 25.1 Å². The van der Waals surface area contributed by atoms with Gasteiger partial charge in [-0.15, -0.1) is 0 Å². The van der Waals surface area contributed by atoms with E-state index in [9.17, 15) is 18.8 Å².